The number of rotatable bonds is 3. The van der Waals surface area contributed by atoms with Crippen molar-refractivity contribution in [2.45, 2.75) is 6.10 Å². The number of hydrogen-bond acceptors (Lipinski definition) is 6. The first kappa shape index (κ1) is 12.5. The Labute approximate surface area is 113 Å². The summed E-state index contributed by atoms with van der Waals surface area (Å²) < 4.78 is 24.9. The molecule has 1 aliphatic heterocycles. The lowest BCUT2D eigenvalue weighted by Crippen LogP contribution is -2.33. The fraction of sp³-hybridized carbons (Fsp3) is 0.333. The van der Waals surface area contributed by atoms with Crippen molar-refractivity contribution in [2.24, 2.45) is 0 Å². The van der Waals surface area contributed by atoms with Gasteiger partial charge in [-0.3, -0.25) is 0 Å². The fourth-order valence-electron chi connectivity index (χ4n) is 1.91. The van der Waals surface area contributed by atoms with Gasteiger partial charge in [-0.25, -0.2) is 4.39 Å². The topological polar surface area (TPSA) is 56.3 Å². The summed E-state index contributed by atoms with van der Waals surface area (Å²) in [6.45, 7) is 1.96. The Balaban J connectivity index is 1.83. The summed E-state index contributed by atoms with van der Waals surface area (Å²) in [5, 5.41) is 11.1. The standard InChI is InChI=1S/C12H12FN3O2S/c13-10-2-1-8(18-12-16-15-7-19-12)5-9(10)11-6-14-3-4-17-11/h1-2,5,7,11,14H,3-4,6H2/t11-/m0/s1. The van der Waals surface area contributed by atoms with E-state index < -0.39 is 0 Å². The molecule has 3 rings (SSSR count). The Morgan fingerprint density at radius 3 is 3.16 bits per heavy atom. The van der Waals surface area contributed by atoms with E-state index >= 15 is 0 Å². The minimum absolute atomic E-state index is 0.285. The first-order valence-electron chi connectivity index (χ1n) is 5.89. The second-order valence-corrected chi connectivity index (χ2v) is 4.85. The van der Waals surface area contributed by atoms with Crippen LogP contribution >= 0.6 is 11.3 Å². The van der Waals surface area contributed by atoms with Crippen LogP contribution in [0.3, 0.4) is 0 Å². The molecular weight excluding hydrogens is 269 g/mol. The number of ether oxygens (including phenoxy) is 2. The van der Waals surface area contributed by atoms with Crippen LogP contribution in [-0.4, -0.2) is 29.9 Å². The third-order valence-electron chi connectivity index (χ3n) is 2.79. The molecule has 1 atom stereocenters. The molecule has 1 saturated heterocycles. The van der Waals surface area contributed by atoms with Crippen LogP contribution in [0.4, 0.5) is 4.39 Å². The molecule has 0 saturated carbocycles. The number of hydrogen-bond donors (Lipinski definition) is 1. The number of halogens is 1. The van der Waals surface area contributed by atoms with Gasteiger partial charge in [0.25, 0.3) is 5.19 Å². The monoisotopic (exact) mass is 281 g/mol. The summed E-state index contributed by atoms with van der Waals surface area (Å²) in [6.07, 6.45) is -0.285. The number of nitrogens with one attached hydrogen (secondary N) is 1. The Morgan fingerprint density at radius 1 is 1.47 bits per heavy atom. The van der Waals surface area contributed by atoms with Gasteiger partial charge in [0.05, 0.1) is 12.7 Å². The van der Waals surface area contributed by atoms with Gasteiger partial charge in [0.15, 0.2) is 0 Å². The molecule has 0 unspecified atom stereocenters. The van der Waals surface area contributed by atoms with E-state index in [-0.39, 0.29) is 11.9 Å². The average Bonchev–Trinajstić information content (AvgIpc) is 2.95. The van der Waals surface area contributed by atoms with Crippen molar-refractivity contribution in [1.82, 2.24) is 15.5 Å². The molecule has 2 heterocycles. The SMILES string of the molecule is Fc1ccc(Oc2nncs2)cc1[C@@H]1CNCCO1. The third-order valence-corrected chi connectivity index (χ3v) is 3.35. The number of benzene rings is 1. The highest BCUT2D eigenvalue weighted by molar-refractivity contribution is 7.11. The van der Waals surface area contributed by atoms with Gasteiger partial charge in [0.2, 0.25) is 0 Å². The summed E-state index contributed by atoms with van der Waals surface area (Å²) >= 11 is 1.28. The maximum Gasteiger partial charge on any atom is 0.299 e. The first-order valence-corrected chi connectivity index (χ1v) is 6.76. The largest absolute Gasteiger partial charge is 0.430 e. The third kappa shape index (κ3) is 2.89. The van der Waals surface area contributed by atoms with Gasteiger partial charge < -0.3 is 14.8 Å². The van der Waals surface area contributed by atoms with Crippen molar-refractivity contribution in [1.29, 1.82) is 0 Å². The minimum atomic E-state index is -0.293. The zero-order chi connectivity index (χ0) is 13.1. The number of aromatic nitrogens is 2. The maximum absolute atomic E-state index is 13.8. The Morgan fingerprint density at radius 2 is 2.42 bits per heavy atom. The molecule has 0 spiro atoms. The number of morpholine rings is 1. The van der Waals surface area contributed by atoms with Crippen LogP contribution in [0.2, 0.25) is 0 Å². The van der Waals surface area contributed by atoms with Gasteiger partial charge in [0, 0.05) is 18.7 Å². The lowest BCUT2D eigenvalue weighted by Gasteiger charge is -2.24. The smallest absolute Gasteiger partial charge is 0.299 e. The van der Waals surface area contributed by atoms with Crippen LogP contribution in [0.25, 0.3) is 0 Å². The van der Waals surface area contributed by atoms with E-state index in [0.717, 1.165) is 6.54 Å². The number of nitrogens with zero attached hydrogens (tertiary/aromatic N) is 2. The van der Waals surface area contributed by atoms with Crippen LogP contribution in [0.15, 0.2) is 23.7 Å². The van der Waals surface area contributed by atoms with Gasteiger partial charge in [-0.1, -0.05) is 16.4 Å². The summed E-state index contributed by atoms with van der Waals surface area (Å²) in [4.78, 5) is 0. The fourth-order valence-corrected chi connectivity index (χ4v) is 2.33. The molecular formula is C12H12FN3O2S. The normalized spacial score (nSPS) is 19.3. The lowest BCUT2D eigenvalue weighted by molar-refractivity contribution is 0.0254. The van der Waals surface area contributed by atoms with E-state index in [2.05, 4.69) is 15.5 Å². The van der Waals surface area contributed by atoms with Crippen molar-refractivity contribution in [3.8, 4) is 10.9 Å². The molecule has 0 aliphatic carbocycles. The van der Waals surface area contributed by atoms with E-state index in [9.17, 15) is 4.39 Å². The van der Waals surface area contributed by atoms with Gasteiger partial charge in [-0.15, -0.1) is 5.10 Å². The molecule has 100 valence electrons. The maximum atomic E-state index is 13.8. The highest BCUT2D eigenvalue weighted by atomic mass is 32.1. The van der Waals surface area contributed by atoms with E-state index in [0.29, 0.717) is 29.7 Å². The zero-order valence-electron chi connectivity index (χ0n) is 10.0. The molecule has 1 fully saturated rings. The Hall–Kier alpha value is -1.57. The molecule has 1 aromatic carbocycles. The second-order valence-electron chi connectivity index (χ2n) is 4.05. The van der Waals surface area contributed by atoms with Crippen LogP contribution in [0.5, 0.6) is 10.9 Å². The van der Waals surface area contributed by atoms with E-state index in [1.807, 2.05) is 0 Å². The molecule has 0 bridgehead atoms. The Kier molecular flexibility index (Phi) is 3.67. The molecule has 7 heteroatoms. The summed E-state index contributed by atoms with van der Waals surface area (Å²) in [5.41, 5.74) is 2.07. The minimum Gasteiger partial charge on any atom is -0.430 e. The van der Waals surface area contributed by atoms with Crippen molar-refractivity contribution < 1.29 is 13.9 Å². The van der Waals surface area contributed by atoms with E-state index in [1.165, 1.54) is 17.4 Å². The van der Waals surface area contributed by atoms with Gasteiger partial charge in [-0.2, -0.15) is 0 Å². The van der Waals surface area contributed by atoms with Gasteiger partial charge in [-0.05, 0) is 18.2 Å². The molecule has 1 aliphatic rings. The summed E-state index contributed by atoms with van der Waals surface area (Å²) in [7, 11) is 0. The summed E-state index contributed by atoms with van der Waals surface area (Å²) in [6, 6.07) is 4.59. The molecule has 19 heavy (non-hydrogen) atoms. The van der Waals surface area contributed by atoms with Gasteiger partial charge >= 0.3 is 0 Å². The van der Waals surface area contributed by atoms with Gasteiger partial charge in [0.1, 0.15) is 17.1 Å². The Bertz CT molecular complexity index is 544. The predicted molar refractivity (Wildman–Crippen MR) is 67.9 cm³/mol. The van der Waals surface area contributed by atoms with Crippen molar-refractivity contribution in [3.05, 3.63) is 35.1 Å². The average molecular weight is 281 g/mol. The predicted octanol–water partition coefficient (Wildman–Crippen LogP) is 2.13. The highest BCUT2D eigenvalue weighted by Crippen LogP contribution is 2.29. The van der Waals surface area contributed by atoms with Crippen molar-refractivity contribution >= 4 is 11.3 Å². The quantitative estimate of drug-likeness (QED) is 0.934. The molecule has 2 aromatic rings. The van der Waals surface area contributed by atoms with E-state index in [4.69, 9.17) is 9.47 Å². The van der Waals surface area contributed by atoms with Crippen LogP contribution in [0, 0.1) is 5.82 Å². The molecule has 0 amide bonds. The summed E-state index contributed by atoms with van der Waals surface area (Å²) in [5.74, 6) is 0.237. The zero-order valence-corrected chi connectivity index (χ0v) is 10.8. The molecule has 1 aromatic heterocycles. The van der Waals surface area contributed by atoms with Crippen LogP contribution < -0.4 is 10.1 Å². The lowest BCUT2D eigenvalue weighted by atomic mass is 10.1. The van der Waals surface area contributed by atoms with Crippen molar-refractivity contribution in [2.75, 3.05) is 19.7 Å². The molecule has 5 nitrogen and oxygen atoms in total. The van der Waals surface area contributed by atoms with E-state index in [1.54, 1.807) is 17.6 Å². The molecule has 0 radical (unpaired) electrons. The van der Waals surface area contributed by atoms with Crippen LogP contribution in [-0.2, 0) is 4.74 Å². The first-order chi connectivity index (χ1) is 9.33. The van der Waals surface area contributed by atoms with Crippen LogP contribution in [0.1, 0.15) is 11.7 Å². The highest BCUT2D eigenvalue weighted by Gasteiger charge is 2.20. The second kappa shape index (κ2) is 5.60. The van der Waals surface area contributed by atoms with Crippen molar-refractivity contribution in [3.63, 3.8) is 0 Å². The molecule has 1 N–H and O–H groups in total.